The highest BCUT2D eigenvalue weighted by Gasteiger charge is 2.28. The van der Waals surface area contributed by atoms with Gasteiger partial charge in [-0.2, -0.15) is 4.68 Å². The lowest BCUT2D eigenvalue weighted by Crippen LogP contribution is -2.34. The molecular formula is C20H23N7OS. The number of imidazole rings is 1. The van der Waals surface area contributed by atoms with E-state index in [4.69, 9.17) is 4.98 Å². The molecule has 150 valence electrons. The predicted octanol–water partition coefficient (Wildman–Crippen LogP) is 3.73. The van der Waals surface area contributed by atoms with E-state index < -0.39 is 0 Å². The fraction of sp³-hybridized carbons (Fsp3) is 0.350. The first kappa shape index (κ1) is 19.3. The third-order valence-electron chi connectivity index (χ3n) is 5.35. The minimum atomic E-state index is -0.235. The second-order valence-electron chi connectivity index (χ2n) is 7.19. The standard InChI is InChI=1S/C20H23N7OS/c1-5-11(2)17(18-22-14-8-6-7-9-15(14)23-18)24-19(28)16-12(3)13(4)29-20(16)27-10-21-25-26-27/h6-11,17H,5H2,1-4H3,(H,22,23)(H,24,28)/t11-,17+/m0/s1. The molecule has 2 N–H and O–H groups in total. The van der Waals surface area contributed by atoms with Gasteiger partial charge in [0.2, 0.25) is 0 Å². The van der Waals surface area contributed by atoms with E-state index in [1.807, 2.05) is 38.1 Å². The average Bonchev–Trinajstić information content (AvgIpc) is 3.45. The Bertz CT molecular complexity index is 1110. The number of nitrogens with zero attached hydrogens (tertiary/aromatic N) is 5. The average molecular weight is 410 g/mol. The van der Waals surface area contributed by atoms with Crippen LogP contribution in [-0.4, -0.2) is 36.1 Å². The molecule has 4 rings (SSSR count). The van der Waals surface area contributed by atoms with Crippen molar-refractivity contribution in [2.24, 2.45) is 5.92 Å². The van der Waals surface area contributed by atoms with Gasteiger partial charge < -0.3 is 10.3 Å². The number of nitrogens with one attached hydrogen (secondary N) is 2. The van der Waals surface area contributed by atoms with Gasteiger partial charge in [-0.05, 0) is 47.9 Å². The monoisotopic (exact) mass is 409 g/mol. The summed E-state index contributed by atoms with van der Waals surface area (Å²) in [7, 11) is 0. The lowest BCUT2D eigenvalue weighted by atomic mass is 9.98. The topological polar surface area (TPSA) is 101 Å². The molecule has 2 atom stereocenters. The van der Waals surface area contributed by atoms with Crippen LogP contribution >= 0.6 is 11.3 Å². The molecule has 0 bridgehead atoms. The Morgan fingerprint density at radius 3 is 2.79 bits per heavy atom. The molecule has 29 heavy (non-hydrogen) atoms. The van der Waals surface area contributed by atoms with Gasteiger partial charge in [-0.25, -0.2) is 4.98 Å². The number of aromatic nitrogens is 6. The van der Waals surface area contributed by atoms with Crippen LogP contribution in [0.15, 0.2) is 30.6 Å². The Morgan fingerprint density at radius 2 is 2.10 bits per heavy atom. The van der Waals surface area contributed by atoms with Crippen molar-refractivity contribution >= 4 is 28.3 Å². The lowest BCUT2D eigenvalue weighted by molar-refractivity contribution is 0.0920. The van der Waals surface area contributed by atoms with Crippen LogP contribution in [0.1, 0.15) is 52.9 Å². The van der Waals surface area contributed by atoms with E-state index in [9.17, 15) is 4.79 Å². The van der Waals surface area contributed by atoms with Gasteiger partial charge in [0.1, 0.15) is 17.2 Å². The molecule has 1 amide bonds. The summed E-state index contributed by atoms with van der Waals surface area (Å²) in [5.41, 5.74) is 3.39. The molecule has 0 saturated heterocycles. The Balaban J connectivity index is 1.71. The fourth-order valence-electron chi connectivity index (χ4n) is 3.34. The normalized spacial score (nSPS) is 13.5. The Morgan fingerprint density at radius 1 is 1.31 bits per heavy atom. The molecule has 0 unspecified atom stereocenters. The highest BCUT2D eigenvalue weighted by Crippen LogP contribution is 2.32. The molecular weight excluding hydrogens is 386 g/mol. The third kappa shape index (κ3) is 3.53. The maximum atomic E-state index is 13.4. The molecule has 1 aromatic carbocycles. The highest BCUT2D eigenvalue weighted by atomic mass is 32.1. The van der Waals surface area contributed by atoms with Gasteiger partial charge in [0.15, 0.2) is 0 Å². The zero-order valence-electron chi connectivity index (χ0n) is 16.8. The molecule has 0 aliphatic carbocycles. The van der Waals surface area contributed by atoms with Crippen molar-refractivity contribution in [1.29, 1.82) is 0 Å². The van der Waals surface area contributed by atoms with E-state index >= 15 is 0 Å². The van der Waals surface area contributed by atoms with Crippen molar-refractivity contribution in [3.05, 3.63) is 52.4 Å². The zero-order chi connectivity index (χ0) is 20.5. The van der Waals surface area contributed by atoms with Gasteiger partial charge in [-0.3, -0.25) is 4.79 Å². The van der Waals surface area contributed by atoms with Crippen molar-refractivity contribution in [2.75, 3.05) is 0 Å². The highest BCUT2D eigenvalue weighted by molar-refractivity contribution is 7.15. The zero-order valence-corrected chi connectivity index (χ0v) is 17.6. The van der Waals surface area contributed by atoms with E-state index in [0.717, 1.165) is 38.7 Å². The number of para-hydroxylation sites is 2. The van der Waals surface area contributed by atoms with Crippen molar-refractivity contribution in [3.8, 4) is 5.00 Å². The van der Waals surface area contributed by atoms with Gasteiger partial charge in [0.25, 0.3) is 5.91 Å². The summed E-state index contributed by atoms with van der Waals surface area (Å²) in [5, 5.41) is 15.3. The van der Waals surface area contributed by atoms with Crippen LogP contribution in [0, 0.1) is 19.8 Å². The summed E-state index contributed by atoms with van der Waals surface area (Å²) in [5.74, 6) is 0.821. The largest absolute Gasteiger partial charge is 0.342 e. The van der Waals surface area contributed by atoms with Crippen LogP contribution in [0.25, 0.3) is 16.0 Å². The molecule has 3 aromatic heterocycles. The Hall–Kier alpha value is -3.07. The maximum Gasteiger partial charge on any atom is 0.255 e. The van der Waals surface area contributed by atoms with Crippen LogP contribution in [0.5, 0.6) is 0 Å². The number of carbonyl (C=O) groups excluding carboxylic acids is 1. The first-order chi connectivity index (χ1) is 14.0. The number of aryl methyl sites for hydroxylation is 1. The molecule has 4 aromatic rings. The van der Waals surface area contributed by atoms with Crippen LogP contribution in [-0.2, 0) is 0 Å². The summed E-state index contributed by atoms with van der Waals surface area (Å²) in [6.07, 6.45) is 2.41. The first-order valence-electron chi connectivity index (χ1n) is 9.58. The van der Waals surface area contributed by atoms with Crippen LogP contribution < -0.4 is 5.32 Å². The molecule has 8 nitrogen and oxygen atoms in total. The Labute approximate surface area is 172 Å². The number of benzene rings is 1. The van der Waals surface area contributed by atoms with E-state index in [1.165, 1.54) is 17.7 Å². The number of tetrazole rings is 1. The first-order valence-corrected chi connectivity index (χ1v) is 10.4. The summed E-state index contributed by atoms with van der Waals surface area (Å²) < 4.78 is 1.54. The molecule has 0 fully saturated rings. The molecule has 0 spiro atoms. The number of amides is 1. The lowest BCUT2D eigenvalue weighted by Gasteiger charge is -2.22. The third-order valence-corrected chi connectivity index (χ3v) is 6.55. The molecule has 0 aliphatic heterocycles. The van der Waals surface area contributed by atoms with Crippen LogP contribution in [0.2, 0.25) is 0 Å². The summed E-state index contributed by atoms with van der Waals surface area (Å²) >= 11 is 1.50. The molecule has 0 radical (unpaired) electrons. The van der Waals surface area contributed by atoms with Crippen LogP contribution in [0.4, 0.5) is 0 Å². The van der Waals surface area contributed by atoms with Crippen LogP contribution in [0.3, 0.4) is 0 Å². The second-order valence-corrected chi connectivity index (χ2v) is 8.40. The Kier molecular flexibility index (Phi) is 5.14. The van der Waals surface area contributed by atoms with Crippen molar-refractivity contribution in [3.63, 3.8) is 0 Å². The van der Waals surface area contributed by atoms with Crippen molar-refractivity contribution < 1.29 is 4.79 Å². The summed E-state index contributed by atoms with van der Waals surface area (Å²) in [4.78, 5) is 22.5. The van der Waals surface area contributed by atoms with Gasteiger partial charge >= 0.3 is 0 Å². The quantitative estimate of drug-likeness (QED) is 0.505. The van der Waals surface area contributed by atoms with Crippen molar-refractivity contribution in [1.82, 2.24) is 35.5 Å². The van der Waals surface area contributed by atoms with Crippen molar-refractivity contribution in [2.45, 2.75) is 40.2 Å². The predicted molar refractivity (Wildman–Crippen MR) is 112 cm³/mol. The number of rotatable bonds is 6. The minimum absolute atomic E-state index is 0.150. The molecule has 9 heteroatoms. The second kappa shape index (κ2) is 7.75. The van der Waals surface area contributed by atoms with Gasteiger partial charge in [0.05, 0.1) is 22.6 Å². The fourth-order valence-corrected chi connectivity index (χ4v) is 4.41. The number of H-pyrrole nitrogens is 1. The summed E-state index contributed by atoms with van der Waals surface area (Å²) in [6.45, 7) is 8.18. The number of hydrogen-bond donors (Lipinski definition) is 2. The number of hydrogen-bond acceptors (Lipinski definition) is 6. The smallest absolute Gasteiger partial charge is 0.255 e. The molecule has 0 aliphatic rings. The number of thiophene rings is 1. The molecule has 0 saturated carbocycles. The van der Waals surface area contributed by atoms with Gasteiger partial charge in [-0.1, -0.05) is 32.4 Å². The molecule has 3 heterocycles. The van der Waals surface area contributed by atoms with E-state index in [2.05, 4.69) is 39.7 Å². The summed E-state index contributed by atoms with van der Waals surface area (Å²) in [6, 6.07) is 7.65. The van der Waals surface area contributed by atoms with Gasteiger partial charge in [0, 0.05) is 4.88 Å². The minimum Gasteiger partial charge on any atom is -0.342 e. The maximum absolute atomic E-state index is 13.4. The number of aromatic amines is 1. The number of carbonyl (C=O) groups is 1. The van der Waals surface area contributed by atoms with E-state index in [-0.39, 0.29) is 17.9 Å². The SMILES string of the molecule is CC[C@H](C)[C@@H](NC(=O)c1c(-n2cnnn2)sc(C)c1C)c1nc2ccccc2[nH]1. The van der Waals surface area contributed by atoms with E-state index in [0.29, 0.717) is 5.56 Å². The van der Waals surface area contributed by atoms with Gasteiger partial charge in [-0.15, -0.1) is 16.4 Å². The van der Waals surface area contributed by atoms with E-state index in [1.54, 1.807) is 4.68 Å². The number of fused-ring (bicyclic) bond motifs is 1.